The first-order valence-corrected chi connectivity index (χ1v) is 10.8. The van der Waals surface area contributed by atoms with Crippen molar-refractivity contribution in [2.45, 2.75) is 38.3 Å². The van der Waals surface area contributed by atoms with Crippen molar-refractivity contribution in [2.24, 2.45) is 5.92 Å². The first kappa shape index (κ1) is 23.6. The number of halogens is 3. The molecule has 1 saturated carbocycles. The van der Waals surface area contributed by atoms with Gasteiger partial charge in [-0.2, -0.15) is 13.2 Å². The van der Waals surface area contributed by atoms with Crippen molar-refractivity contribution in [3.63, 3.8) is 0 Å². The highest BCUT2D eigenvalue weighted by molar-refractivity contribution is 7.14. The van der Waals surface area contributed by atoms with E-state index in [1.54, 1.807) is 17.3 Å². The second-order valence-corrected chi connectivity index (χ2v) is 8.39. The van der Waals surface area contributed by atoms with Crippen molar-refractivity contribution < 1.29 is 32.7 Å². The van der Waals surface area contributed by atoms with Gasteiger partial charge in [-0.3, -0.25) is 19.5 Å². The van der Waals surface area contributed by atoms with Crippen LogP contribution in [0, 0.1) is 5.92 Å². The smallest absolute Gasteiger partial charge is 0.475 e. The summed E-state index contributed by atoms with van der Waals surface area (Å²) in [6.07, 6.45) is 2.98. The van der Waals surface area contributed by atoms with Crippen LogP contribution >= 0.6 is 11.3 Å². The molecule has 0 aromatic carbocycles. The third kappa shape index (κ3) is 6.25. The molecule has 0 radical (unpaired) electrons. The Morgan fingerprint density at radius 3 is 2.59 bits per heavy atom. The lowest BCUT2D eigenvalue weighted by Crippen LogP contribution is -2.36. The summed E-state index contributed by atoms with van der Waals surface area (Å²) in [7, 11) is 0. The summed E-state index contributed by atoms with van der Waals surface area (Å²) >= 11 is 1.41. The molecule has 32 heavy (non-hydrogen) atoms. The number of nitrogens with zero attached hydrogens (tertiary/aromatic N) is 3. The van der Waals surface area contributed by atoms with E-state index in [9.17, 15) is 22.8 Å². The second kappa shape index (κ2) is 10.1. The highest BCUT2D eigenvalue weighted by Gasteiger charge is 2.38. The number of aromatic nitrogens is 2. The number of nitrogens with one attached hydrogen (secondary N) is 1. The predicted molar refractivity (Wildman–Crippen MR) is 109 cm³/mol. The minimum Gasteiger partial charge on any atom is -0.475 e. The van der Waals surface area contributed by atoms with Crippen LogP contribution in [0.25, 0.3) is 0 Å². The molecule has 2 aromatic rings. The van der Waals surface area contributed by atoms with Gasteiger partial charge in [0.25, 0.3) is 5.91 Å². The molecule has 172 valence electrons. The van der Waals surface area contributed by atoms with E-state index in [1.165, 1.54) is 11.3 Å². The van der Waals surface area contributed by atoms with E-state index in [0.717, 1.165) is 42.5 Å². The molecule has 8 nitrogen and oxygen atoms in total. The maximum Gasteiger partial charge on any atom is 0.490 e. The minimum absolute atomic E-state index is 0.165. The van der Waals surface area contributed by atoms with Gasteiger partial charge in [0.2, 0.25) is 5.91 Å². The normalized spacial score (nSPS) is 15.3. The lowest BCUT2D eigenvalue weighted by molar-refractivity contribution is -0.192. The largest absolute Gasteiger partial charge is 0.490 e. The van der Waals surface area contributed by atoms with Gasteiger partial charge in [-0.1, -0.05) is 6.07 Å². The number of carbonyl (C=O) groups is 3. The Hall–Kier alpha value is -3.02. The highest BCUT2D eigenvalue weighted by Crippen LogP contribution is 2.37. The molecule has 0 bridgehead atoms. The number of thiazole rings is 1. The topological polar surface area (TPSA) is 112 Å². The van der Waals surface area contributed by atoms with E-state index < -0.39 is 12.1 Å². The van der Waals surface area contributed by atoms with E-state index in [1.807, 2.05) is 12.1 Å². The number of rotatable bonds is 5. The molecule has 1 aliphatic heterocycles. The zero-order valence-electron chi connectivity index (χ0n) is 16.9. The Morgan fingerprint density at radius 1 is 1.28 bits per heavy atom. The van der Waals surface area contributed by atoms with Crippen LogP contribution < -0.4 is 10.2 Å². The second-order valence-electron chi connectivity index (χ2n) is 7.30. The third-order valence-electron chi connectivity index (χ3n) is 4.77. The molecule has 0 saturated heterocycles. The van der Waals surface area contributed by atoms with Gasteiger partial charge in [-0.05, 0) is 43.7 Å². The van der Waals surface area contributed by atoms with Crippen LogP contribution in [0.15, 0.2) is 24.5 Å². The van der Waals surface area contributed by atoms with E-state index in [-0.39, 0.29) is 17.7 Å². The number of carboxylic acid groups (broad SMARTS) is 1. The summed E-state index contributed by atoms with van der Waals surface area (Å²) in [5, 5.41) is 10.5. The highest BCUT2D eigenvalue weighted by atomic mass is 32.1. The van der Waals surface area contributed by atoms with Gasteiger partial charge >= 0.3 is 12.1 Å². The number of hydrogen-bond acceptors (Lipinski definition) is 6. The van der Waals surface area contributed by atoms with E-state index in [2.05, 4.69) is 15.3 Å². The zero-order valence-corrected chi connectivity index (χ0v) is 17.7. The molecule has 0 atom stereocenters. The monoisotopic (exact) mass is 470 g/mol. The summed E-state index contributed by atoms with van der Waals surface area (Å²) < 4.78 is 31.7. The van der Waals surface area contributed by atoms with Crippen LogP contribution in [-0.4, -0.2) is 52.1 Å². The molecule has 1 fully saturated rings. The van der Waals surface area contributed by atoms with Crippen LogP contribution in [0.3, 0.4) is 0 Å². The average Bonchev–Trinajstić information content (AvgIpc) is 3.51. The fourth-order valence-corrected chi connectivity index (χ4v) is 4.05. The van der Waals surface area contributed by atoms with Crippen molar-refractivity contribution in [2.75, 3.05) is 18.0 Å². The fraction of sp³-hybridized carbons (Fsp3) is 0.450. The van der Waals surface area contributed by atoms with Gasteiger partial charge < -0.3 is 10.4 Å². The first-order chi connectivity index (χ1) is 15.2. The number of hydrogen-bond donors (Lipinski definition) is 2. The molecule has 2 amide bonds. The maximum absolute atomic E-state index is 12.4. The molecule has 0 spiro atoms. The Labute approximate surface area is 185 Å². The lowest BCUT2D eigenvalue weighted by Gasteiger charge is -2.25. The summed E-state index contributed by atoms with van der Waals surface area (Å²) in [5.74, 6) is -1.86. The molecular formula is C20H21F3N4O4S. The standard InChI is InChI=1S/C18H20N4O2S.C2HF3O2/c23-16(20-9-7-12-3-1-8-19-11-12)17-21-15-14(25-17)4-2-10-22(15)18(24)13-5-6-13;3-2(4,5)1(6)7/h1,3,8,11,13H,2,4-7,9-10H2,(H,20,23);(H,6,7). The SMILES string of the molecule is O=C(NCCc1cccnc1)c1nc2c(s1)CCCN2C(=O)C1CC1.O=C(O)C(F)(F)F. The number of amides is 2. The Kier molecular flexibility index (Phi) is 7.44. The van der Waals surface area contributed by atoms with Crippen LogP contribution in [0.4, 0.5) is 19.0 Å². The van der Waals surface area contributed by atoms with E-state index in [4.69, 9.17) is 9.90 Å². The van der Waals surface area contributed by atoms with E-state index >= 15 is 0 Å². The third-order valence-corrected chi connectivity index (χ3v) is 5.87. The summed E-state index contributed by atoms with van der Waals surface area (Å²) in [6.45, 7) is 1.26. The maximum atomic E-state index is 12.4. The van der Waals surface area contributed by atoms with Crippen LogP contribution in [0.2, 0.25) is 0 Å². The Morgan fingerprint density at radius 2 is 2.00 bits per heavy atom. The first-order valence-electron chi connectivity index (χ1n) is 9.95. The van der Waals surface area contributed by atoms with Crippen molar-refractivity contribution in [1.82, 2.24) is 15.3 Å². The van der Waals surface area contributed by atoms with Gasteiger partial charge in [0, 0.05) is 36.3 Å². The van der Waals surface area contributed by atoms with Crippen LogP contribution in [0.1, 0.15) is 39.5 Å². The van der Waals surface area contributed by atoms with Crippen LogP contribution in [-0.2, 0) is 22.4 Å². The summed E-state index contributed by atoms with van der Waals surface area (Å²) in [4.78, 5) is 45.1. The van der Waals surface area contributed by atoms with Crippen molar-refractivity contribution in [1.29, 1.82) is 0 Å². The average molecular weight is 470 g/mol. The van der Waals surface area contributed by atoms with Crippen LogP contribution in [0.5, 0.6) is 0 Å². The molecule has 2 aliphatic rings. The number of carboxylic acids is 1. The van der Waals surface area contributed by atoms with Gasteiger partial charge in [0.15, 0.2) is 5.01 Å². The number of aliphatic carboxylic acids is 1. The van der Waals surface area contributed by atoms with Gasteiger partial charge in [-0.15, -0.1) is 11.3 Å². The molecule has 3 heterocycles. The van der Waals surface area contributed by atoms with Crippen molar-refractivity contribution in [3.05, 3.63) is 40.0 Å². The summed E-state index contributed by atoms with van der Waals surface area (Å²) in [5.41, 5.74) is 1.09. The number of fused-ring (bicyclic) bond motifs is 1. The van der Waals surface area contributed by atoms with Gasteiger partial charge in [0.05, 0.1) is 0 Å². The van der Waals surface area contributed by atoms with E-state index in [0.29, 0.717) is 23.9 Å². The lowest BCUT2D eigenvalue weighted by atomic mass is 10.1. The Balaban J connectivity index is 0.000000360. The fourth-order valence-electron chi connectivity index (χ4n) is 3.03. The molecule has 2 aromatic heterocycles. The molecule has 12 heteroatoms. The Bertz CT molecular complexity index is 977. The minimum atomic E-state index is -5.08. The number of anilines is 1. The quantitative estimate of drug-likeness (QED) is 0.695. The molecule has 0 unspecified atom stereocenters. The number of aryl methyl sites for hydroxylation is 1. The predicted octanol–water partition coefficient (Wildman–Crippen LogP) is 2.83. The molecular weight excluding hydrogens is 449 g/mol. The van der Waals surface area contributed by atoms with Crippen molar-refractivity contribution in [3.8, 4) is 0 Å². The number of pyridine rings is 1. The number of carbonyl (C=O) groups excluding carboxylic acids is 2. The number of alkyl halides is 3. The molecule has 1 aliphatic carbocycles. The van der Waals surface area contributed by atoms with Crippen molar-refractivity contribution >= 4 is 34.9 Å². The zero-order chi connectivity index (χ0) is 23.3. The van der Waals surface area contributed by atoms with Gasteiger partial charge in [-0.25, -0.2) is 9.78 Å². The molecule has 4 rings (SSSR count). The van der Waals surface area contributed by atoms with Gasteiger partial charge in [0.1, 0.15) is 5.82 Å². The summed E-state index contributed by atoms with van der Waals surface area (Å²) in [6, 6.07) is 3.88. The molecule has 2 N–H and O–H groups in total.